The number of rotatable bonds is 8. The largest absolute Gasteiger partial charge is 0.205 e. The van der Waals surface area contributed by atoms with E-state index in [0.717, 1.165) is 30.6 Å². The smallest absolute Gasteiger partial charge is 0.144 e. The van der Waals surface area contributed by atoms with Gasteiger partial charge < -0.3 is 0 Å². The van der Waals surface area contributed by atoms with Crippen LogP contribution in [-0.2, 0) is 0 Å². The number of nitriles is 1. The summed E-state index contributed by atoms with van der Waals surface area (Å²) in [4.78, 5) is 0. The second-order valence-electron chi connectivity index (χ2n) is 10.1. The SMILES string of the molecule is CCCCCC[C@H]1CC[C@H](C2CCC(C(C)c3cc(F)c(C#N)c(F)c3)CC2)CC1. The number of hydrogen-bond donors (Lipinski definition) is 0. The van der Waals surface area contributed by atoms with Crippen molar-refractivity contribution < 1.29 is 8.78 Å². The highest BCUT2D eigenvalue weighted by molar-refractivity contribution is 5.36. The third kappa shape index (κ3) is 5.83. The Kier molecular flexibility index (Phi) is 8.72. The molecule has 3 heteroatoms. The maximum Gasteiger partial charge on any atom is 0.144 e. The Morgan fingerprint density at radius 3 is 2.00 bits per heavy atom. The van der Waals surface area contributed by atoms with E-state index in [9.17, 15) is 8.78 Å². The van der Waals surface area contributed by atoms with Crippen LogP contribution < -0.4 is 0 Å². The first-order valence-corrected chi connectivity index (χ1v) is 12.4. The van der Waals surface area contributed by atoms with Gasteiger partial charge in [-0.1, -0.05) is 58.8 Å². The average Bonchev–Trinajstić information content (AvgIpc) is 2.76. The van der Waals surface area contributed by atoms with E-state index in [4.69, 9.17) is 5.26 Å². The van der Waals surface area contributed by atoms with Crippen molar-refractivity contribution in [3.8, 4) is 6.07 Å². The van der Waals surface area contributed by atoms with Gasteiger partial charge >= 0.3 is 0 Å². The molecule has 0 aromatic heterocycles. The van der Waals surface area contributed by atoms with Crippen LogP contribution in [0.5, 0.6) is 0 Å². The second-order valence-corrected chi connectivity index (χ2v) is 10.1. The Morgan fingerprint density at radius 2 is 1.47 bits per heavy atom. The molecule has 1 aromatic carbocycles. The number of unbranched alkanes of at least 4 members (excludes halogenated alkanes) is 3. The van der Waals surface area contributed by atoms with Gasteiger partial charge in [-0.25, -0.2) is 8.78 Å². The van der Waals surface area contributed by atoms with Crippen molar-refractivity contribution in [2.45, 2.75) is 103 Å². The predicted molar refractivity (Wildman–Crippen MR) is 119 cm³/mol. The lowest BCUT2D eigenvalue weighted by Gasteiger charge is -2.39. The standard InChI is InChI=1S/C27H39F2N/c1-3-4-5-6-7-20-8-10-22(11-9-20)23-14-12-21(13-15-23)19(2)24-16-26(28)25(18-30)27(29)17-24/h16-17,19-23H,3-15H2,1-2H3/t19?,20-,21?,22-,23?. The fourth-order valence-electron chi connectivity index (χ4n) is 6.16. The van der Waals surface area contributed by atoms with Crippen LogP contribution in [0.2, 0.25) is 0 Å². The number of benzene rings is 1. The summed E-state index contributed by atoms with van der Waals surface area (Å²) in [6, 6.07) is 4.37. The number of nitrogens with zero attached hydrogens (tertiary/aromatic N) is 1. The lowest BCUT2D eigenvalue weighted by atomic mass is 9.66. The summed E-state index contributed by atoms with van der Waals surface area (Å²) in [5.41, 5.74) is 0.242. The van der Waals surface area contributed by atoms with Crippen molar-refractivity contribution in [2.75, 3.05) is 0 Å². The zero-order valence-electron chi connectivity index (χ0n) is 18.9. The molecule has 2 aliphatic carbocycles. The molecule has 30 heavy (non-hydrogen) atoms. The molecule has 0 bridgehead atoms. The van der Waals surface area contributed by atoms with E-state index in [1.807, 2.05) is 0 Å². The Hall–Kier alpha value is -1.43. The topological polar surface area (TPSA) is 23.8 Å². The first-order chi connectivity index (χ1) is 14.5. The van der Waals surface area contributed by atoms with E-state index < -0.39 is 17.2 Å². The highest BCUT2D eigenvalue weighted by Crippen LogP contribution is 2.45. The third-order valence-corrected chi connectivity index (χ3v) is 8.25. The van der Waals surface area contributed by atoms with Crippen molar-refractivity contribution in [3.05, 3.63) is 34.9 Å². The minimum Gasteiger partial charge on any atom is -0.205 e. The molecule has 3 rings (SSSR count). The molecule has 0 heterocycles. The van der Waals surface area contributed by atoms with Crippen LogP contribution in [0.3, 0.4) is 0 Å². The fraction of sp³-hybridized carbons (Fsp3) is 0.741. The molecule has 1 nitrogen and oxygen atoms in total. The molecular formula is C27H39F2N. The Morgan fingerprint density at radius 1 is 0.900 bits per heavy atom. The molecule has 0 aliphatic heterocycles. The molecule has 0 N–H and O–H groups in total. The monoisotopic (exact) mass is 415 g/mol. The molecule has 2 fully saturated rings. The van der Waals surface area contributed by atoms with Crippen molar-refractivity contribution in [2.24, 2.45) is 23.7 Å². The highest BCUT2D eigenvalue weighted by atomic mass is 19.1. The maximum absolute atomic E-state index is 14.0. The fourth-order valence-corrected chi connectivity index (χ4v) is 6.16. The lowest BCUT2D eigenvalue weighted by molar-refractivity contribution is 0.136. The van der Waals surface area contributed by atoms with E-state index >= 15 is 0 Å². The zero-order chi connectivity index (χ0) is 21.5. The van der Waals surface area contributed by atoms with E-state index in [-0.39, 0.29) is 5.92 Å². The molecule has 166 valence electrons. The summed E-state index contributed by atoms with van der Waals surface area (Å²) in [7, 11) is 0. The summed E-state index contributed by atoms with van der Waals surface area (Å²) in [6.07, 6.45) is 17.5. The molecule has 1 aromatic rings. The van der Waals surface area contributed by atoms with Gasteiger partial charge in [-0.15, -0.1) is 0 Å². The van der Waals surface area contributed by atoms with Gasteiger partial charge in [0.1, 0.15) is 23.3 Å². The van der Waals surface area contributed by atoms with Gasteiger partial charge in [0.25, 0.3) is 0 Å². The molecule has 0 radical (unpaired) electrons. The molecule has 1 atom stereocenters. The molecule has 2 saturated carbocycles. The Balaban J connectivity index is 1.45. The van der Waals surface area contributed by atoms with Gasteiger partial charge in [0.2, 0.25) is 0 Å². The van der Waals surface area contributed by atoms with Crippen molar-refractivity contribution in [1.82, 2.24) is 0 Å². The Bertz CT molecular complexity index is 683. The molecule has 2 aliphatic rings. The predicted octanol–water partition coefficient (Wildman–Crippen LogP) is 8.52. The highest BCUT2D eigenvalue weighted by Gasteiger charge is 2.33. The summed E-state index contributed by atoms with van der Waals surface area (Å²) in [6.45, 7) is 4.37. The molecule has 0 saturated heterocycles. The first kappa shape index (κ1) is 23.2. The quantitative estimate of drug-likeness (QED) is 0.390. The van der Waals surface area contributed by atoms with E-state index in [0.29, 0.717) is 11.5 Å². The summed E-state index contributed by atoms with van der Waals surface area (Å²) in [5.74, 6) is 1.90. The summed E-state index contributed by atoms with van der Waals surface area (Å²) in [5, 5.41) is 8.88. The third-order valence-electron chi connectivity index (χ3n) is 8.25. The van der Waals surface area contributed by atoms with Crippen LogP contribution in [-0.4, -0.2) is 0 Å². The average molecular weight is 416 g/mol. The molecule has 0 spiro atoms. The molecular weight excluding hydrogens is 376 g/mol. The van der Waals surface area contributed by atoms with Crippen LogP contribution in [0, 0.1) is 46.6 Å². The molecule has 0 amide bonds. The van der Waals surface area contributed by atoms with Crippen LogP contribution >= 0.6 is 0 Å². The van der Waals surface area contributed by atoms with E-state index in [1.165, 1.54) is 82.8 Å². The van der Waals surface area contributed by atoms with Crippen LogP contribution in [0.25, 0.3) is 0 Å². The van der Waals surface area contributed by atoms with E-state index in [1.54, 1.807) is 6.07 Å². The van der Waals surface area contributed by atoms with Crippen molar-refractivity contribution in [1.29, 1.82) is 5.26 Å². The lowest BCUT2D eigenvalue weighted by Crippen LogP contribution is -2.27. The summed E-state index contributed by atoms with van der Waals surface area (Å²) >= 11 is 0. The minimum absolute atomic E-state index is 0.140. The van der Waals surface area contributed by atoms with Gasteiger partial charge in [0.05, 0.1) is 0 Å². The van der Waals surface area contributed by atoms with Crippen molar-refractivity contribution >= 4 is 0 Å². The minimum atomic E-state index is -0.723. The van der Waals surface area contributed by atoms with Gasteiger partial charge in [0.15, 0.2) is 0 Å². The van der Waals surface area contributed by atoms with Crippen molar-refractivity contribution in [3.63, 3.8) is 0 Å². The van der Waals surface area contributed by atoms with Crippen LogP contribution in [0.4, 0.5) is 8.78 Å². The van der Waals surface area contributed by atoms with E-state index in [2.05, 4.69) is 13.8 Å². The zero-order valence-corrected chi connectivity index (χ0v) is 18.9. The maximum atomic E-state index is 14.0. The number of halogens is 2. The van der Waals surface area contributed by atoms with Gasteiger partial charge in [-0.3, -0.25) is 0 Å². The Labute approximate surface area is 182 Å². The first-order valence-electron chi connectivity index (χ1n) is 12.4. The van der Waals surface area contributed by atoms with Crippen LogP contribution in [0.15, 0.2) is 12.1 Å². The van der Waals surface area contributed by atoms with Gasteiger partial charge in [0, 0.05) is 0 Å². The molecule has 1 unspecified atom stereocenters. The van der Waals surface area contributed by atoms with Crippen LogP contribution in [0.1, 0.15) is 114 Å². The second kappa shape index (κ2) is 11.3. The number of hydrogen-bond acceptors (Lipinski definition) is 1. The van der Waals surface area contributed by atoms with Gasteiger partial charge in [-0.2, -0.15) is 5.26 Å². The van der Waals surface area contributed by atoms with Gasteiger partial charge in [-0.05, 0) is 85.8 Å². The summed E-state index contributed by atoms with van der Waals surface area (Å²) < 4.78 is 28.1. The normalized spacial score (nSPS) is 28.1.